The van der Waals surface area contributed by atoms with Gasteiger partial charge in [0.05, 0.1) is 0 Å². The quantitative estimate of drug-likeness (QED) is 0.605. The molecule has 0 nitrogen and oxygen atoms in total. The van der Waals surface area contributed by atoms with E-state index in [2.05, 4.69) is 13.8 Å². The van der Waals surface area contributed by atoms with Gasteiger partial charge in [-0.05, 0) is 12.1 Å². The van der Waals surface area contributed by atoms with Crippen molar-refractivity contribution in [3.8, 4) is 0 Å². The molecule has 74 valence electrons. The van der Waals surface area contributed by atoms with Crippen LogP contribution in [0.15, 0.2) is 30.3 Å². The van der Waals surface area contributed by atoms with Gasteiger partial charge in [0.25, 0.3) is 0 Å². The van der Waals surface area contributed by atoms with Crippen molar-refractivity contribution < 1.29 is 0 Å². The fraction of sp³-hybridized carbons (Fsp3) is 0.500. The van der Waals surface area contributed by atoms with E-state index in [4.69, 9.17) is 11.6 Å². The molecule has 0 radical (unpaired) electrons. The maximum Gasteiger partial charge on any atom is 0.0405 e. The zero-order valence-electron chi connectivity index (χ0n) is 8.59. The van der Waals surface area contributed by atoms with E-state index in [-0.39, 0.29) is 0 Å². The Morgan fingerprint density at radius 3 is 1.62 bits per heavy atom. The average molecular weight is 199 g/mol. The Morgan fingerprint density at radius 2 is 1.38 bits per heavy atom. The smallest absolute Gasteiger partial charge is 0.0405 e. The van der Waals surface area contributed by atoms with Gasteiger partial charge in [0.15, 0.2) is 0 Å². The molecular weight excluding hydrogens is 180 g/mol. The summed E-state index contributed by atoms with van der Waals surface area (Å²) in [7, 11) is 0. The van der Waals surface area contributed by atoms with Crippen LogP contribution >= 0.6 is 11.6 Å². The van der Waals surface area contributed by atoms with Crippen molar-refractivity contribution in [2.24, 2.45) is 0 Å². The summed E-state index contributed by atoms with van der Waals surface area (Å²) in [5.74, 6) is 0. The first-order valence-electron chi connectivity index (χ1n) is 5.01. The van der Waals surface area contributed by atoms with E-state index < -0.39 is 0 Å². The Balaban J connectivity index is 0.000000226. The summed E-state index contributed by atoms with van der Waals surface area (Å²) < 4.78 is 0. The Hall–Kier alpha value is -0.490. The molecule has 0 atom stereocenters. The molecule has 1 rings (SSSR count). The summed E-state index contributed by atoms with van der Waals surface area (Å²) in [5.41, 5.74) is 0. The molecule has 1 heteroatoms. The van der Waals surface area contributed by atoms with Crippen LogP contribution < -0.4 is 0 Å². The van der Waals surface area contributed by atoms with Crippen LogP contribution in [0.2, 0.25) is 5.02 Å². The first kappa shape index (κ1) is 12.5. The molecule has 1 aromatic carbocycles. The minimum absolute atomic E-state index is 0.794. The molecule has 0 amide bonds. The maximum atomic E-state index is 5.54. The predicted molar refractivity (Wildman–Crippen MR) is 61.3 cm³/mol. The Labute approximate surface area is 86.9 Å². The van der Waals surface area contributed by atoms with Gasteiger partial charge in [-0.25, -0.2) is 0 Å². The molecule has 0 aliphatic rings. The molecule has 0 unspecified atom stereocenters. The van der Waals surface area contributed by atoms with Crippen LogP contribution in [0.4, 0.5) is 0 Å². The van der Waals surface area contributed by atoms with Crippen LogP contribution in [-0.4, -0.2) is 0 Å². The van der Waals surface area contributed by atoms with Crippen LogP contribution in [0.3, 0.4) is 0 Å². The Morgan fingerprint density at radius 1 is 0.923 bits per heavy atom. The van der Waals surface area contributed by atoms with Gasteiger partial charge in [-0.15, -0.1) is 0 Å². The highest BCUT2D eigenvalue weighted by molar-refractivity contribution is 6.30. The molecule has 0 bridgehead atoms. The second-order valence-corrected chi connectivity index (χ2v) is 3.44. The highest BCUT2D eigenvalue weighted by Crippen LogP contribution is 2.03. The minimum atomic E-state index is 0.794. The molecule has 0 N–H and O–H groups in total. The highest BCUT2D eigenvalue weighted by Gasteiger charge is 1.75. The monoisotopic (exact) mass is 198 g/mol. The molecule has 0 heterocycles. The topological polar surface area (TPSA) is 0 Å². The maximum absolute atomic E-state index is 5.54. The van der Waals surface area contributed by atoms with Crippen molar-refractivity contribution in [3.05, 3.63) is 35.4 Å². The van der Waals surface area contributed by atoms with Gasteiger partial charge in [0, 0.05) is 5.02 Å². The lowest BCUT2D eigenvalue weighted by Gasteiger charge is -1.86. The van der Waals surface area contributed by atoms with E-state index in [1.165, 1.54) is 25.7 Å². The summed E-state index contributed by atoms with van der Waals surface area (Å²) >= 11 is 5.54. The van der Waals surface area contributed by atoms with Gasteiger partial charge in [0.2, 0.25) is 0 Å². The molecule has 13 heavy (non-hydrogen) atoms. The number of hydrogen-bond donors (Lipinski definition) is 0. The molecule has 0 spiro atoms. The predicted octanol–water partition coefficient (Wildman–Crippen LogP) is 4.93. The SMILES string of the molecule is CCCCCC.Clc1ccccc1. The van der Waals surface area contributed by atoms with E-state index in [0.717, 1.165) is 5.02 Å². The van der Waals surface area contributed by atoms with Gasteiger partial charge < -0.3 is 0 Å². The van der Waals surface area contributed by atoms with Crippen LogP contribution in [0.25, 0.3) is 0 Å². The van der Waals surface area contributed by atoms with Crippen molar-refractivity contribution in [1.82, 2.24) is 0 Å². The third kappa shape index (κ3) is 9.42. The number of halogens is 1. The third-order valence-electron chi connectivity index (χ3n) is 1.69. The normalized spacial score (nSPS) is 8.85. The Kier molecular flexibility index (Phi) is 9.24. The van der Waals surface area contributed by atoms with E-state index in [1.807, 2.05) is 30.3 Å². The second-order valence-electron chi connectivity index (χ2n) is 3.00. The van der Waals surface area contributed by atoms with Crippen LogP contribution in [0.5, 0.6) is 0 Å². The average Bonchev–Trinajstić information content (AvgIpc) is 2.17. The van der Waals surface area contributed by atoms with E-state index in [9.17, 15) is 0 Å². The fourth-order valence-electron chi connectivity index (χ4n) is 0.915. The van der Waals surface area contributed by atoms with Crippen LogP contribution in [0.1, 0.15) is 39.5 Å². The molecule has 0 aliphatic carbocycles. The summed E-state index contributed by atoms with van der Waals surface area (Å²) in [6.07, 6.45) is 5.54. The van der Waals surface area contributed by atoms with Crippen molar-refractivity contribution in [2.45, 2.75) is 39.5 Å². The number of hydrogen-bond acceptors (Lipinski definition) is 0. The third-order valence-corrected chi connectivity index (χ3v) is 1.94. The zero-order valence-corrected chi connectivity index (χ0v) is 9.35. The van der Waals surface area contributed by atoms with Crippen molar-refractivity contribution in [3.63, 3.8) is 0 Å². The summed E-state index contributed by atoms with van der Waals surface area (Å²) in [6, 6.07) is 9.44. The first-order valence-corrected chi connectivity index (χ1v) is 5.39. The van der Waals surface area contributed by atoms with Gasteiger partial charge in [-0.1, -0.05) is 69.3 Å². The minimum Gasteiger partial charge on any atom is -0.0843 e. The zero-order chi connectivity index (χ0) is 9.94. The second kappa shape index (κ2) is 9.60. The molecular formula is C12H19Cl. The summed E-state index contributed by atoms with van der Waals surface area (Å²) in [5, 5.41) is 0.794. The Bertz CT molecular complexity index is 178. The molecule has 1 aromatic rings. The van der Waals surface area contributed by atoms with Crippen molar-refractivity contribution in [1.29, 1.82) is 0 Å². The van der Waals surface area contributed by atoms with Gasteiger partial charge in [-0.3, -0.25) is 0 Å². The molecule has 0 aliphatic heterocycles. The number of unbranched alkanes of at least 4 members (excludes halogenated alkanes) is 3. The highest BCUT2D eigenvalue weighted by atomic mass is 35.5. The van der Waals surface area contributed by atoms with Gasteiger partial charge in [0.1, 0.15) is 0 Å². The van der Waals surface area contributed by atoms with Crippen LogP contribution in [0, 0.1) is 0 Å². The lowest BCUT2D eigenvalue weighted by Crippen LogP contribution is -1.66. The largest absolute Gasteiger partial charge is 0.0843 e. The molecule has 0 saturated carbocycles. The van der Waals surface area contributed by atoms with E-state index in [1.54, 1.807) is 0 Å². The van der Waals surface area contributed by atoms with Crippen molar-refractivity contribution in [2.75, 3.05) is 0 Å². The van der Waals surface area contributed by atoms with E-state index >= 15 is 0 Å². The van der Waals surface area contributed by atoms with Gasteiger partial charge >= 0.3 is 0 Å². The van der Waals surface area contributed by atoms with Crippen molar-refractivity contribution >= 4 is 11.6 Å². The van der Waals surface area contributed by atoms with Gasteiger partial charge in [-0.2, -0.15) is 0 Å². The molecule has 0 saturated heterocycles. The molecule has 0 aromatic heterocycles. The number of benzene rings is 1. The summed E-state index contributed by atoms with van der Waals surface area (Å²) in [4.78, 5) is 0. The van der Waals surface area contributed by atoms with Crippen LogP contribution in [-0.2, 0) is 0 Å². The summed E-state index contributed by atoms with van der Waals surface area (Å²) in [6.45, 7) is 4.46. The lowest BCUT2D eigenvalue weighted by atomic mass is 10.2. The first-order chi connectivity index (χ1) is 6.31. The lowest BCUT2D eigenvalue weighted by molar-refractivity contribution is 0.702. The number of rotatable bonds is 3. The fourth-order valence-corrected chi connectivity index (χ4v) is 1.06. The standard InChI is InChI=1S/C6H5Cl.C6H14/c7-6-4-2-1-3-5-6;1-3-5-6-4-2/h1-5H;3-6H2,1-2H3. The van der Waals surface area contributed by atoms with E-state index in [0.29, 0.717) is 0 Å². The molecule has 0 fully saturated rings.